The fourth-order valence-electron chi connectivity index (χ4n) is 8.74. The van der Waals surface area contributed by atoms with Crippen LogP contribution >= 0.6 is 0 Å². The molecule has 4 aliphatic rings. The van der Waals surface area contributed by atoms with Crippen LogP contribution in [0.5, 0.6) is 0 Å². The Kier molecular flexibility index (Phi) is 10.6. The van der Waals surface area contributed by atoms with E-state index in [0.29, 0.717) is 35.8 Å². The Morgan fingerprint density at radius 1 is 0.800 bits per heavy atom. The third kappa shape index (κ3) is 7.83. The zero-order valence-electron chi connectivity index (χ0n) is 31.8. The minimum absolute atomic E-state index is 0.0247. The van der Waals surface area contributed by atoms with Crippen molar-refractivity contribution in [3.05, 3.63) is 75.8 Å². The molecule has 8 rings (SSSR count). The van der Waals surface area contributed by atoms with Crippen molar-refractivity contribution in [2.75, 3.05) is 80.6 Å². The second kappa shape index (κ2) is 15.9. The molecular weight excluding hydrogens is 697 g/mol. The van der Waals surface area contributed by atoms with E-state index in [-0.39, 0.29) is 40.7 Å². The van der Waals surface area contributed by atoms with Gasteiger partial charge in [-0.1, -0.05) is 25.0 Å². The maximum atomic E-state index is 13.6. The molecule has 1 aliphatic carbocycles. The number of nitrogens with one attached hydrogen (secondary N) is 2. The van der Waals surface area contributed by atoms with Gasteiger partial charge in [-0.2, -0.15) is 4.98 Å². The summed E-state index contributed by atoms with van der Waals surface area (Å²) in [6.45, 7) is 13.2. The van der Waals surface area contributed by atoms with E-state index in [1.807, 2.05) is 24.4 Å². The van der Waals surface area contributed by atoms with Crippen LogP contribution in [0.1, 0.15) is 78.9 Å². The first-order chi connectivity index (χ1) is 26.7. The number of benzene rings is 1. The summed E-state index contributed by atoms with van der Waals surface area (Å²) in [6, 6.07) is 12.3. The van der Waals surface area contributed by atoms with Gasteiger partial charge in [-0.15, -0.1) is 0 Å². The van der Waals surface area contributed by atoms with Crippen molar-refractivity contribution >= 4 is 51.8 Å². The highest BCUT2D eigenvalue weighted by Crippen LogP contribution is 2.32. The Labute approximate surface area is 320 Å². The smallest absolute Gasteiger partial charge is 0.263 e. The standard InChI is InChI=1S/C41H50N10O4/c1-27-34-26-43-41(46-38(34)51(31-5-3-4-6-31)40(55)37(27)28(2)52)44-35-13-11-32(25-42-35)50-23-19-48(20-24-50)16-15-47-17-21-49(22-18-47)30-9-7-29(8-10-30)33-12-14-36(53)45-39(33)54/h7-11,13,25-26,31,33H,3-6,12,14-24H2,1-2H3,(H,45,53,54)(H,42,43,44,46)/t33-/m0/s1. The maximum Gasteiger partial charge on any atom is 0.263 e. The molecule has 4 aromatic rings. The highest BCUT2D eigenvalue weighted by molar-refractivity contribution is 6.01. The topological polar surface area (TPSA) is 149 Å². The largest absolute Gasteiger partial charge is 0.369 e. The minimum Gasteiger partial charge on any atom is -0.369 e. The van der Waals surface area contributed by atoms with Crippen molar-refractivity contribution in [2.45, 2.75) is 64.3 Å². The van der Waals surface area contributed by atoms with Crippen molar-refractivity contribution in [3.8, 4) is 0 Å². The Bertz CT molecular complexity index is 2110. The fourth-order valence-corrected chi connectivity index (χ4v) is 8.74. The summed E-state index contributed by atoms with van der Waals surface area (Å²) in [5.41, 5.74) is 4.38. The van der Waals surface area contributed by atoms with Crippen molar-refractivity contribution in [3.63, 3.8) is 0 Å². The molecule has 6 heterocycles. The van der Waals surface area contributed by atoms with Gasteiger partial charge in [-0.05, 0) is 68.5 Å². The van der Waals surface area contributed by atoms with Crippen LogP contribution in [0.3, 0.4) is 0 Å². The van der Waals surface area contributed by atoms with Gasteiger partial charge in [0, 0.05) is 95.2 Å². The Hall–Kier alpha value is -5.21. The number of rotatable bonds is 10. The Balaban J connectivity index is 0.808. The van der Waals surface area contributed by atoms with Crippen LogP contribution in [0.25, 0.3) is 11.0 Å². The molecule has 55 heavy (non-hydrogen) atoms. The Morgan fingerprint density at radius 3 is 2.04 bits per heavy atom. The lowest BCUT2D eigenvalue weighted by Gasteiger charge is -2.39. The number of Topliss-reactive ketones (excluding diaryl/α,β-unsaturated/α-hetero) is 1. The summed E-state index contributed by atoms with van der Waals surface area (Å²) in [7, 11) is 0. The number of anilines is 4. The molecule has 3 saturated heterocycles. The third-order valence-electron chi connectivity index (χ3n) is 12.0. The number of aromatic nitrogens is 4. The Morgan fingerprint density at radius 2 is 1.44 bits per heavy atom. The second-order valence-electron chi connectivity index (χ2n) is 15.4. The number of amides is 2. The number of carbonyl (C=O) groups is 3. The normalized spacial score (nSPS) is 20.3. The van der Waals surface area contributed by atoms with E-state index in [1.165, 1.54) is 12.6 Å². The lowest BCUT2D eigenvalue weighted by Crippen LogP contribution is -2.51. The number of pyridine rings is 2. The summed E-state index contributed by atoms with van der Waals surface area (Å²) in [6.07, 6.45) is 8.46. The summed E-state index contributed by atoms with van der Waals surface area (Å²) in [5.74, 6) is 0.138. The first-order valence-corrected chi connectivity index (χ1v) is 19.8. The number of carbonyl (C=O) groups excluding carboxylic acids is 3. The number of imide groups is 1. The zero-order chi connectivity index (χ0) is 38.1. The molecule has 1 atom stereocenters. The molecule has 0 spiro atoms. The molecular formula is C41H50N10O4. The molecule has 1 saturated carbocycles. The zero-order valence-corrected chi connectivity index (χ0v) is 31.8. The summed E-state index contributed by atoms with van der Waals surface area (Å²) in [4.78, 5) is 73.7. The van der Waals surface area contributed by atoms with Gasteiger partial charge in [0.1, 0.15) is 11.5 Å². The fraction of sp³-hybridized carbons (Fsp3) is 0.488. The number of fused-ring (bicyclic) bond motifs is 1. The first-order valence-electron chi connectivity index (χ1n) is 19.8. The number of ketones is 1. The predicted octanol–water partition coefficient (Wildman–Crippen LogP) is 4.02. The molecule has 2 N–H and O–H groups in total. The van der Waals surface area contributed by atoms with Crippen LogP contribution in [0.4, 0.5) is 23.1 Å². The van der Waals surface area contributed by atoms with E-state index in [1.54, 1.807) is 17.7 Å². The number of hydrogen-bond donors (Lipinski definition) is 2. The summed E-state index contributed by atoms with van der Waals surface area (Å²) < 4.78 is 1.73. The van der Waals surface area contributed by atoms with Crippen LogP contribution in [0.15, 0.2) is 53.6 Å². The number of piperazine rings is 2. The van der Waals surface area contributed by atoms with E-state index in [2.05, 4.69) is 58.4 Å². The van der Waals surface area contributed by atoms with Crippen LogP contribution in [0.2, 0.25) is 0 Å². The molecule has 4 fully saturated rings. The summed E-state index contributed by atoms with van der Waals surface area (Å²) >= 11 is 0. The second-order valence-corrected chi connectivity index (χ2v) is 15.4. The third-order valence-corrected chi connectivity index (χ3v) is 12.0. The van der Waals surface area contributed by atoms with Crippen LogP contribution in [0, 0.1) is 6.92 Å². The van der Waals surface area contributed by atoms with Gasteiger partial charge < -0.3 is 15.1 Å². The average Bonchev–Trinajstić information content (AvgIpc) is 3.73. The lowest BCUT2D eigenvalue weighted by molar-refractivity contribution is -0.134. The molecule has 14 nitrogen and oxygen atoms in total. The quantitative estimate of drug-likeness (QED) is 0.178. The molecule has 3 aromatic heterocycles. The van der Waals surface area contributed by atoms with Gasteiger partial charge in [0.2, 0.25) is 17.8 Å². The minimum atomic E-state index is -0.260. The van der Waals surface area contributed by atoms with E-state index < -0.39 is 0 Å². The number of piperidine rings is 1. The molecule has 1 aromatic carbocycles. The van der Waals surface area contributed by atoms with Crippen molar-refractivity contribution < 1.29 is 14.4 Å². The number of nitrogens with zero attached hydrogens (tertiary/aromatic N) is 8. The SMILES string of the molecule is CC(=O)c1c(C)c2cnc(Nc3ccc(N4CCN(CCN5CCN(c6ccc([C@@H]7CCC(=O)NC7=O)cc6)CC5)CC4)cn3)nc2n(C2CCCC2)c1=O. The average molecular weight is 747 g/mol. The highest BCUT2D eigenvalue weighted by atomic mass is 16.2. The van der Waals surface area contributed by atoms with E-state index in [4.69, 9.17) is 4.98 Å². The van der Waals surface area contributed by atoms with Gasteiger partial charge in [0.05, 0.1) is 23.4 Å². The molecule has 3 aliphatic heterocycles. The van der Waals surface area contributed by atoms with Crippen LogP contribution in [-0.4, -0.2) is 112 Å². The van der Waals surface area contributed by atoms with Gasteiger partial charge in [0.15, 0.2) is 5.78 Å². The van der Waals surface area contributed by atoms with Crippen molar-refractivity contribution in [2.24, 2.45) is 0 Å². The van der Waals surface area contributed by atoms with Crippen molar-refractivity contribution in [1.29, 1.82) is 0 Å². The first kappa shape index (κ1) is 36.8. The molecule has 0 radical (unpaired) electrons. The van der Waals surface area contributed by atoms with E-state index >= 15 is 0 Å². The lowest BCUT2D eigenvalue weighted by atomic mass is 9.90. The maximum absolute atomic E-state index is 13.6. The van der Waals surface area contributed by atoms with E-state index in [9.17, 15) is 19.2 Å². The van der Waals surface area contributed by atoms with E-state index in [0.717, 1.165) is 108 Å². The molecule has 2 amide bonds. The van der Waals surface area contributed by atoms with Crippen LogP contribution in [-0.2, 0) is 9.59 Å². The molecule has 0 unspecified atom stereocenters. The van der Waals surface area contributed by atoms with Crippen molar-refractivity contribution in [1.82, 2.24) is 34.6 Å². The monoisotopic (exact) mass is 746 g/mol. The number of aryl methyl sites for hydroxylation is 1. The predicted molar refractivity (Wildman–Crippen MR) is 212 cm³/mol. The van der Waals surface area contributed by atoms with Gasteiger partial charge in [0.25, 0.3) is 5.56 Å². The molecule has 0 bridgehead atoms. The van der Waals surface area contributed by atoms with Gasteiger partial charge in [-0.25, -0.2) is 9.97 Å². The molecule has 14 heteroatoms. The van der Waals surface area contributed by atoms with Gasteiger partial charge in [-0.3, -0.25) is 38.9 Å². The van der Waals surface area contributed by atoms with Crippen LogP contribution < -0.4 is 26.0 Å². The highest BCUT2D eigenvalue weighted by Gasteiger charge is 2.29. The summed E-state index contributed by atoms with van der Waals surface area (Å²) in [5, 5.41) is 6.41. The molecule has 288 valence electrons. The number of hydrogen-bond acceptors (Lipinski definition) is 12. The van der Waals surface area contributed by atoms with Gasteiger partial charge >= 0.3 is 0 Å².